The van der Waals surface area contributed by atoms with Gasteiger partial charge in [-0.2, -0.15) is 0 Å². The van der Waals surface area contributed by atoms with Gasteiger partial charge in [0.15, 0.2) is 5.96 Å². The van der Waals surface area contributed by atoms with Gasteiger partial charge in [-0.25, -0.2) is 0 Å². The molecule has 1 aromatic carbocycles. The average molecular weight is 364 g/mol. The Hall–Kier alpha value is -1.99. The van der Waals surface area contributed by atoms with E-state index in [9.17, 15) is 0 Å². The van der Waals surface area contributed by atoms with Crippen LogP contribution in [0.5, 0.6) is 5.75 Å². The minimum absolute atomic E-state index is 0.644. The fraction of sp³-hybridized carbons (Fsp3) is 0.632. The third kappa shape index (κ3) is 6.07. The maximum atomic E-state index is 5.48. The molecule has 0 saturated carbocycles. The SMILES string of the molecule is CN=C(NCCCOCCOC)N1CCN(c2ccccc2OC)CC1. The molecule has 1 fully saturated rings. The Morgan fingerprint density at radius 2 is 1.85 bits per heavy atom. The molecule has 0 radical (unpaired) electrons. The lowest BCUT2D eigenvalue weighted by Gasteiger charge is -2.38. The molecule has 1 N–H and O–H groups in total. The van der Waals surface area contributed by atoms with Crippen molar-refractivity contribution in [3.05, 3.63) is 24.3 Å². The number of piperazine rings is 1. The second-order valence-corrected chi connectivity index (χ2v) is 6.08. The molecular formula is C19H32N4O3. The summed E-state index contributed by atoms with van der Waals surface area (Å²) in [5.41, 5.74) is 1.16. The van der Waals surface area contributed by atoms with Crippen LogP contribution in [0.4, 0.5) is 5.69 Å². The quantitative estimate of drug-likeness (QED) is 0.407. The van der Waals surface area contributed by atoms with Crippen molar-refractivity contribution in [2.75, 3.05) is 78.7 Å². The second kappa shape index (κ2) is 11.6. The van der Waals surface area contributed by atoms with Gasteiger partial charge in [0.05, 0.1) is 26.0 Å². The van der Waals surface area contributed by atoms with Crippen molar-refractivity contribution in [3.63, 3.8) is 0 Å². The van der Waals surface area contributed by atoms with Crippen molar-refractivity contribution in [3.8, 4) is 5.75 Å². The van der Waals surface area contributed by atoms with Crippen LogP contribution < -0.4 is 15.0 Å². The van der Waals surface area contributed by atoms with E-state index >= 15 is 0 Å². The summed E-state index contributed by atoms with van der Waals surface area (Å²) >= 11 is 0. The van der Waals surface area contributed by atoms with E-state index in [-0.39, 0.29) is 0 Å². The number of nitrogens with one attached hydrogen (secondary N) is 1. The third-order valence-electron chi connectivity index (χ3n) is 4.40. The van der Waals surface area contributed by atoms with Gasteiger partial charge in [-0.3, -0.25) is 4.99 Å². The number of para-hydroxylation sites is 2. The maximum Gasteiger partial charge on any atom is 0.193 e. The van der Waals surface area contributed by atoms with Crippen molar-refractivity contribution in [1.82, 2.24) is 10.2 Å². The first kappa shape index (κ1) is 20.3. The fourth-order valence-corrected chi connectivity index (χ4v) is 3.00. The summed E-state index contributed by atoms with van der Waals surface area (Å²) in [6.07, 6.45) is 0.948. The van der Waals surface area contributed by atoms with Crippen LogP contribution in [0.25, 0.3) is 0 Å². The summed E-state index contributed by atoms with van der Waals surface area (Å²) in [5, 5.41) is 3.43. The highest BCUT2D eigenvalue weighted by Gasteiger charge is 2.21. The lowest BCUT2D eigenvalue weighted by molar-refractivity contribution is 0.0698. The van der Waals surface area contributed by atoms with Gasteiger partial charge in [0, 0.05) is 53.5 Å². The van der Waals surface area contributed by atoms with Crippen LogP contribution >= 0.6 is 0 Å². The van der Waals surface area contributed by atoms with Crippen LogP contribution in [-0.4, -0.2) is 84.7 Å². The topological polar surface area (TPSA) is 58.6 Å². The van der Waals surface area contributed by atoms with Crippen LogP contribution in [0.2, 0.25) is 0 Å². The predicted octanol–water partition coefficient (Wildman–Crippen LogP) is 1.45. The average Bonchev–Trinajstić information content (AvgIpc) is 2.70. The molecule has 2 rings (SSSR count). The maximum absolute atomic E-state index is 5.48. The number of nitrogens with zero attached hydrogens (tertiary/aromatic N) is 3. The van der Waals surface area contributed by atoms with E-state index in [1.165, 1.54) is 0 Å². The molecule has 1 saturated heterocycles. The van der Waals surface area contributed by atoms with Gasteiger partial charge in [0.25, 0.3) is 0 Å². The summed E-state index contributed by atoms with van der Waals surface area (Å²) in [6.45, 7) is 6.63. The molecular weight excluding hydrogens is 332 g/mol. The zero-order valence-corrected chi connectivity index (χ0v) is 16.2. The molecule has 0 atom stereocenters. The monoisotopic (exact) mass is 364 g/mol. The summed E-state index contributed by atoms with van der Waals surface area (Å²) in [5.74, 6) is 1.89. The van der Waals surface area contributed by atoms with Gasteiger partial charge in [-0.05, 0) is 18.6 Å². The fourth-order valence-electron chi connectivity index (χ4n) is 3.00. The molecule has 0 spiro atoms. The summed E-state index contributed by atoms with van der Waals surface area (Å²) in [4.78, 5) is 9.09. The Morgan fingerprint density at radius 3 is 2.54 bits per heavy atom. The molecule has 1 aromatic rings. The lowest BCUT2D eigenvalue weighted by Crippen LogP contribution is -2.52. The van der Waals surface area contributed by atoms with Crippen LogP contribution in [0, 0.1) is 0 Å². The number of methoxy groups -OCH3 is 2. The summed E-state index contributed by atoms with van der Waals surface area (Å²) in [6, 6.07) is 8.19. The molecule has 7 heteroatoms. The van der Waals surface area contributed by atoms with Gasteiger partial charge in [-0.15, -0.1) is 0 Å². The Labute approximate surface area is 156 Å². The highest BCUT2D eigenvalue weighted by atomic mass is 16.5. The molecule has 0 aromatic heterocycles. The lowest BCUT2D eigenvalue weighted by atomic mass is 10.2. The van der Waals surface area contributed by atoms with Crippen molar-refractivity contribution < 1.29 is 14.2 Å². The molecule has 26 heavy (non-hydrogen) atoms. The van der Waals surface area contributed by atoms with E-state index in [1.807, 2.05) is 19.2 Å². The van der Waals surface area contributed by atoms with Gasteiger partial charge in [-0.1, -0.05) is 12.1 Å². The first-order valence-corrected chi connectivity index (χ1v) is 9.20. The number of ether oxygens (including phenoxy) is 3. The first-order chi connectivity index (χ1) is 12.8. The minimum Gasteiger partial charge on any atom is -0.495 e. The van der Waals surface area contributed by atoms with Gasteiger partial charge in [0.2, 0.25) is 0 Å². The van der Waals surface area contributed by atoms with Crippen molar-refractivity contribution in [1.29, 1.82) is 0 Å². The van der Waals surface area contributed by atoms with E-state index in [0.717, 1.165) is 63.1 Å². The molecule has 0 amide bonds. The Bertz CT molecular complexity index is 545. The molecule has 1 aliphatic rings. The van der Waals surface area contributed by atoms with Gasteiger partial charge >= 0.3 is 0 Å². The number of aliphatic imine (C=N–C) groups is 1. The van der Waals surface area contributed by atoms with E-state index in [1.54, 1.807) is 14.2 Å². The van der Waals surface area contributed by atoms with E-state index in [4.69, 9.17) is 14.2 Å². The second-order valence-electron chi connectivity index (χ2n) is 6.08. The smallest absolute Gasteiger partial charge is 0.193 e. The number of guanidine groups is 1. The highest BCUT2D eigenvalue weighted by Crippen LogP contribution is 2.28. The van der Waals surface area contributed by atoms with Crippen molar-refractivity contribution in [2.24, 2.45) is 4.99 Å². The standard InChI is InChI=1S/C19H32N4O3/c1-20-19(21-9-6-14-26-16-15-24-2)23-12-10-22(11-13-23)17-7-4-5-8-18(17)25-3/h4-5,7-8H,6,9-16H2,1-3H3,(H,20,21). The summed E-state index contributed by atoms with van der Waals surface area (Å²) < 4.78 is 15.9. The van der Waals surface area contributed by atoms with Crippen LogP contribution in [0.1, 0.15) is 6.42 Å². The molecule has 1 aliphatic heterocycles. The van der Waals surface area contributed by atoms with Crippen molar-refractivity contribution >= 4 is 11.6 Å². The highest BCUT2D eigenvalue weighted by molar-refractivity contribution is 5.80. The predicted molar refractivity (Wildman–Crippen MR) is 105 cm³/mol. The normalized spacial score (nSPS) is 15.3. The van der Waals surface area contributed by atoms with E-state index in [0.29, 0.717) is 13.2 Å². The number of hydrogen-bond donors (Lipinski definition) is 1. The molecule has 146 valence electrons. The Balaban J connectivity index is 1.73. The molecule has 0 aliphatic carbocycles. The number of hydrogen-bond acceptors (Lipinski definition) is 5. The molecule has 0 bridgehead atoms. The molecule has 7 nitrogen and oxygen atoms in total. The largest absolute Gasteiger partial charge is 0.495 e. The van der Waals surface area contributed by atoms with Gasteiger partial charge in [0.1, 0.15) is 5.75 Å². The number of anilines is 1. The zero-order chi connectivity index (χ0) is 18.6. The third-order valence-corrected chi connectivity index (χ3v) is 4.40. The number of rotatable bonds is 9. The molecule has 0 unspecified atom stereocenters. The van der Waals surface area contributed by atoms with Crippen molar-refractivity contribution in [2.45, 2.75) is 6.42 Å². The first-order valence-electron chi connectivity index (χ1n) is 9.20. The van der Waals surface area contributed by atoms with E-state index < -0.39 is 0 Å². The Morgan fingerprint density at radius 1 is 1.08 bits per heavy atom. The van der Waals surface area contributed by atoms with Crippen LogP contribution in [0.3, 0.4) is 0 Å². The van der Waals surface area contributed by atoms with E-state index in [2.05, 4.69) is 32.2 Å². The van der Waals surface area contributed by atoms with Crippen LogP contribution in [0.15, 0.2) is 29.3 Å². The molecule has 1 heterocycles. The van der Waals surface area contributed by atoms with Crippen LogP contribution in [-0.2, 0) is 9.47 Å². The number of benzene rings is 1. The van der Waals surface area contributed by atoms with Gasteiger partial charge < -0.3 is 29.3 Å². The zero-order valence-electron chi connectivity index (χ0n) is 16.2. The Kier molecular flexibility index (Phi) is 9.06. The summed E-state index contributed by atoms with van der Waals surface area (Å²) in [7, 11) is 5.24. The minimum atomic E-state index is 0.644.